The van der Waals surface area contributed by atoms with Crippen LogP contribution in [0.1, 0.15) is 58.6 Å². The molecule has 0 amide bonds. The Morgan fingerprint density at radius 1 is 1.10 bits per heavy atom. The highest BCUT2D eigenvalue weighted by atomic mass is 14.6. The van der Waals surface area contributed by atoms with E-state index in [0.717, 1.165) is 11.4 Å². The molecule has 0 N–H and O–H groups in total. The van der Waals surface area contributed by atoms with Gasteiger partial charge >= 0.3 is 0 Å². The van der Waals surface area contributed by atoms with E-state index in [1.807, 2.05) is 6.20 Å². The van der Waals surface area contributed by atoms with Crippen molar-refractivity contribution in [2.45, 2.75) is 54.4 Å². The molecule has 1 aromatic carbocycles. The molecule has 21 heavy (non-hydrogen) atoms. The van der Waals surface area contributed by atoms with Gasteiger partial charge in [-0.15, -0.1) is 0 Å². The summed E-state index contributed by atoms with van der Waals surface area (Å²) in [6, 6.07) is 8.61. The van der Waals surface area contributed by atoms with Gasteiger partial charge in [-0.1, -0.05) is 51.5 Å². The zero-order valence-electron chi connectivity index (χ0n) is 14.6. The van der Waals surface area contributed by atoms with Gasteiger partial charge in [0.25, 0.3) is 0 Å². The minimum atomic E-state index is 0.571. The van der Waals surface area contributed by atoms with Crippen molar-refractivity contribution in [1.29, 1.82) is 0 Å². The third kappa shape index (κ3) is 5.00. The van der Waals surface area contributed by atoms with Crippen molar-refractivity contribution >= 4 is 10.9 Å². The number of nitrogens with zero attached hydrogens (tertiary/aromatic N) is 1. The predicted molar refractivity (Wildman–Crippen MR) is 94.8 cm³/mol. The monoisotopic (exact) mass is 283 g/mol. The van der Waals surface area contributed by atoms with Crippen molar-refractivity contribution in [2.75, 3.05) is 0 Å². The molecular formula is C20H29N. The Labute approximate surface area is 130 Å². The highest BCUT2D eigenvalue weighted by Gasteiger charge is 2.02. The molecule has 1 aromatic heterocycles. The molecule has 0 saturated heterocycles. The summed E-state index contributed by atoms with van der Waals surface area (Å²) in [6.07, 6.45) is 4.03. The van der Waals surface area contributed by atoms with Crippen LogP contribution in [0, 0.1) is 12.8 Å². The van der Waals surface area contributed by atoms with Crippen LogP contribution in [-0.4, -0.2) is 4.98 Å². The lowest BCUT2D eigenvalue weighted by Crippen LogP contribution is -1.89. The Bertz CT molecular complexity index is 606. The van der Waals surface area contributed by atoms with E-state index in [0.29, 0.717) is 5.92 Å². The molecule has 0 aliphatic carbocycles. The van der Waals surface area contributed by atoms with Gasteiger partial charge in [-0.05, 0) is 55.9 Å². The van der Waals surface area contributed by atoms with Crippen molar-refractivity contribution < 1.29 is 0 Å². The van der Waals surface area contributed by atoms with Crippen LogP contribution in [0.25, 0.3) is 10.9 Å². The first kappa shape index (κ1) is 17.4. The first-order valence-electron chi connectivity index (χ1n) is 7.84. The van der Waals surface area contributed by atoms with E-state index >= 15 is 0 Å². The van der Waals surface area contributed by atoms with Crippen LogP contribution >= 0.6 is 0 Å². The second-order valence-electron chi connectivity index (χ2n) is 6.25. The first-order valence-corrected chi connectivity index (χ1v) is 7.84. The number of hydrogen-bond donors (Lipinski definition) is 0. The molecule has 2 rings (SSSR count). The van der Waals surface area contributed by atoms with Crippen LogP contribution in [0.4, 0.5) is 0 Å². The lowest BCUT2D eigenvalue weighted by molar-refractivity contribution is 0.767. The molecule has 0 aliphatic rings. The Kier molecular flexibility index (Phi) is 6.61. The van der Waals surface area contributed by atoms with Crippen molar-refractivity contribution in [1.82, 2.24) is 4.98 Å². The second-order valence-corrected chi connectivity index (χ2v) is 6.25. The van der Waals surface area contributed by atoms with Crippen molar-refractivity contribution in [2.24, 2.45) is 5.92 Å². The minimum absolute atomic E-state index is 0.571. The van der Waals surface area contributed by atoms with Gasteiger partial charge in [0.2, 0.25) is 0 Å². The molecule has 1 heterocycles. The summed E-state index contributed by atoms with van der Waals surface area (Å²) in [5.74, 6) is 1.30. The van der Waals surface area contributed by atoms with Crippen molar-refractivity contribution in [3.63, 3.8) is 0 Å². The molecule has 0 atom stereocenters. The van der Waals surface area contributed by atoms with E-state index in [2.05, 4.69) is 83.8 Å². The van der Waals surface area contributed by atoms with E-state index in [-0.39, 0.29) is 0 Å². The van der Waals surface area contributed by atoms with Crippen LogP contribution in [0.5, 0.6) is 0 Å². The highest BCUT2D eigenvalue weighted by molar-refractivity contribution is 5.82. The smallest absolute Gasteiger partial charge is 0.0707 e. The maximum absolute atomic E-state index is 4.39. The number of fused-ring (bicyclic) bond motifs is 1. The van der Waals surface area contributed by atoms with E-state index in [1.54, 1.807) is 0 Å². The first-order chi connectivity index (χ1) is 9.86. The summed E-state index contributed by atoms with van der Waals surface area (Å²) >= 11 is 0. The summed E-state index contributed by atoms with van der Waals surface area (Å²) in [5, 5.41) is 1.26. The maximum atomic E-state index is 4.39. The molecule has 0 unspecified atom stereocenters. The van der Waals surface area contributed by atoms with Gasteiger partial charge in [-0.3, -0.25) is 4.98 Å². The molecular weight excluding hydrogens is 254 g/mol. The Hall–Kier alpha value is -1.63. The third-order valence-corrected chi connectivity index (χ3v) is 4.02. The fourth-order valence-electron chi connectivity index (χ4n) is 2.00. The van der Waals surface area contributed by atoms with E-state index in [9.17, 15) is 0 Å². The molecule has 0 radical (unpaired) electrons. The predicted octanol–water partition coefficient (Wildman–Crippen LogP) is 6.28. The number of aromatic nitrogens is 1. The molecule has 0 bridgehead atoms. The van der Waals surface area contributed by atoms with Gasteiger partial charge in [0.05, 0.1) is 5.52 Å². The van der Waals surface area contributed by atoms with Crippen molar-refractivity contribution in [3.8, 4) is 0 Å². The Morgan fingerprint density at radius 2 is 1.76 bits per heavy atom. The average molecular weight is 283 g/mol. The lowest BCUT2D eigenvalue weighted by Gasteiger charge is -2.07. The minimum Gasteiger partial charge on any atom is -0.256 e. The zero-order valence-corrected chi connectivity index (χ0v) is 14.6. The van der Waals surface area contributed by atoms with E-state index in [1.165, 1.54) is 22.1 Å². The normalized spacial score (nSPS) is 11.8. The topological polar surface area (TPSA) is 12.9 Å². The van der Waals surface area contributed by atoms with E-state index < -0.39 is 0 Å². The fourth-order valence-corrected chi connectivity index (χ4v) is 2.00. The van der Waals surface area contributed by atoms with E-state index in [4.69, 9.17) is 0 Å². The quantitative estimate of drug-likeness (QED) is 0.591. The van der Waals surface area contributed by atoms with Gasteiger partial charge < -0.3 is 0 Å². The summed E-state index contributed by atoms with van der Waals surface area (Å²) in [4.78, 5) is 4.39. The highest BCUT2D eigenvalue weighted by Crippen LogP contribution is 2.21. The van der Waals surface area contributed by atoms with Crippen LogP contribution in [0.2, 0.25) is 0 Å². The second kappa shape index (κ2) is 7.97. The molecule has 114 valence electrons. The lowest BCUT2D eigenvalue weighted by atomic mass is 10.0. The van der Waals surface area contributed by atoms with Crippen molar-refractivity contribution in [3.05, 3.63) is 53.2 Å². The van der Waals surface area contributed by atoms with Crippen LogP contribution in [-0.2, 0) is 0 Å². The van der Waals surface area contributed by atoms with Gasteiger partial charge in [0.1, 0.15) is 0 Å². The van der Waals surface area contributed by atoms with Gasteiger partial charge in [0, 0.05) is 11.6 Å². The molecule has 0 spiro atoms. The molecule has 1 heteroatoms. The number of benzene rings is 1. The van der Waals surface area contributed by atoms with Gasteiger partial charge in [-0.25, -0.2) is 0 Å². The van der Waals surface area contributed by atoms with Crippen LogP contribution in [0.15, 0.2) is 42.1 Å². The number of rotatable bonds is 2. The van der Waals surface area contributed by atoms with Gasteiger partial charge in [0.15, 0.2) is 0 Å². The zero-order chi connectivity index (χ0) is 16.0. The molecule has 0 aliphatic heterocycles. The molecule has 0 fully saturated rings. The third-order valence-electron chi connectivity index (χ3n) is 4.02. The number of allylic oxidation sites excluding steroid dienone is 2. The standard InChI is InChI=1S/C13H15N.C7H14/c1-9(2)11-4-5-12-10(3)6-7-14-13(12)8-11;1-5-7(4)6(2)3/h4-9H,1-3H3;5-6H,1-4H3/b;7-5+. The number of hydrogen-bond acceptors (Lipinski definition) is 1. The summed E-state index contributed by atoms with van der Waals surface area (Å²) in [5.41, 5.74) is 5.23. The largest absolute Gasteiger partial charge is 0.256 e. The van der Waals surface area contributed by atoms with Crippen LogP contribution in [0.3, 0.4) is 0 Å². The number of aryl methyl sites for hydroxylation is 1. The summed E-state index contributed by atoms with van der Waals surface area (Å²) in [6.45, 7) is 15.2. The molecule has 1 nitrogen and oxygen atoms in total. The SMILES string of the molecule is C/C=C(\C)C(C)C.Cc1ccnc2cc(C(C)C)ccc12. The average Bonchev–Trinajstić information content (AvgIpc) is 2.46. The summed E-state index contributed by atoms with van der Waals surface area (Å²) < 4.78 is 0. The summed E-state index contributed by atoms with van der Waals surface area (Å²) in [7, 11) is 0. The van der Waals surface area contributed by atoms with Gasteiger partial charge in [-0.2, -0.15) is 0 Å². The Balaban J connectivity index is 0.000000270. The Morgan fingerprint density at radius 3 is 2.24 bits per heavy atom. The fraction of sp³-hybridized carbons (Fsp3) is 0.450. The van der Waals surface area contributed by atoms with Crippen LogP contribution < -0.4 is 0 Å². The maximum Gasteiger partial charge on any atom is 0.0707 e. The molecule has 0 saturated carbocycles. The molecule has 2 aromatic rings. The number of pyridine rings is 1.